The lowest BCUT2D eigenvalue weighted by molar-refractivity contribution is 0.0839. The minimum atomic E-state index is 0.179. The first-order chi connectivity index (χ1) is 11.7. The van der Waals surface area contributed by atoms with Crippen LogP contribution < -0.4 is 0 Å². The second kappa shape index (κ2) is 6.62. The Morgan fingerprint density at radius 2 is 2.08 bits per heavy atom. The van der Waals surface area contributed by atoms with Crippen molar-refractivity contribution >= 4 is 16.3 Å². The summed E-state index contributed by atoms with van der Waals surface area (Å²) in [5, 5.41) is 6.07. The number of rotatable bonds is 5. The lowest BCUT2D eigenvalue weighted by Crippen LogP contribution is -2.46. The third-order valence-corrected chi connectivity index (χ3v) is 5.41. The van der Waals surface area contributed by atoms with Crippen LogP contribution in [-0.4, -0.2) is 55.5 Å². The molecule has 7 nitrogen and oxygen atoms in total. The molecule has 8 heteroatoms. The van der Waals surface area contributed by atoms with Gasteiger partial charge in [-0.05, 0) is 6.92 Å². The van der Waals surface area contributed by atoms with Crippen molar-refractivity contribution < 1.29 is 4.52 Å². The largest absolute Gasteiger partial charge is 0.338 e. The fourth-order valence-corrected chi connectivity index (χ4v) is 3.85. The lowest BCUT2D eigenvalue weighted by Gasteiger charge is -2.36. The van der Waals surface area contributed by atoms with Gasteiger partial charge in [0.25, 0.3) is 0 Å². The second-order valence-corrected chi connectivity index (χ2v) is 7.09. The monoisotopic (exact) mass is 346 g/mol. The van der Waals surface area contributed by atoms with E-state index in [1.807, 2.05) is 6.92 Å². The topological polar surface area (TPSA) is 62.7 Å². The zero-order valence-corrected chi connectivity index (χ0v) is 14.9. The molecule has 0 aromatic carbocycles. The van der Waals surface area contributed by atoms with E-state index in [2.05, 4.69) is 54.0 Å². The number of hydrogen-bond acceptors (Lipinski definition) is 7. The summed E-state index contributed by atoms with van der Waals surface area (Å²) in [6.07, 6.45) is 5.00. The standard InChI is InChI=1S/C16H22N6OS/c1-3-14-18-15(23-19-14)12(2)21-6-4-20(5-7-21)10-13-11-22-8-9-24-16(22)17-13/h8-9,11-12H,3-7,10H2,1-2H3/t12-/m0/s1. The van der Waals surface area contributed by atoms with Gasteiger partial charge in [-0.25, -0.2) is 4.98 Å². The average Bonchev–Trinajstić information content (AvgIpc) is 3.30. The minimum absolute atomic E-state index is 0.179. The molecule has 1 aliphatic rings. The zero-order valence-electron chi connectivity index (χ0n) is 14.1. The summed E-state index contributed by atoms with van der Waals surface area (Å²) in [5.74, 6) is 1.52. The van der Waals surface area contributed by atoms with Crippen LogP contribution in [0.2, 0.25) is 0 Å². The van der Waals surface area contributed by atoms with E-state index in [1.165, 1.54) is 0 Å². The van der Waals surface area contributed by atoms with Crippen molar-refractivity contribution in [1.29, 1.82) is 0 Å². The maximum Gasteiger partial charge on any atom is 0.243 e. The van der Waals surface area contributed by atoms with E-state index >= 15 is 0 Å². The second-order valence-electron chi connectivity index (χ2n) is 6.22. The molecule has 0 bridgehead atoms. The van der Waals surface area contributed by atoms with E-state index in [4.69, 9.17) is 4.52 Å². The van der Waals surface area contributed by atoms with Crippen molar-refractivity contribution in [3.05, 3.63) is 35.2 Å². The summed E-state index contributed by atoms with van der Waals surface area (Å²) in [4.78, 5) is 15.1. The number of thiazole rings is 1. The summed E-state index contributed by atoms with van der Waals surface area (Å²) in [5.41, 5.74) is 1.15. The molecular formula is C16H22N6OS. The molecule has 3 aromatic heterocycles. The highest BCUT2D eigenvalue weighted by Crippen LogP contribution is 2.21. The van der Waals surface area contributed by atoms with Crippen molar-refractivity contribution in [2.24, 2.45) is 0 Å². The summed E-state index contributed by atoms with van der Waals surface area (Å²) in [7, 11) is 0. The van der Waals surface area contributed by atoms with Crippen molar-refractivity contribution in [3.8, 4) is 0 Å². The van der Waals surface area contributed by atoms with Gasteiger partial charge >= 0.3 is 0 Å². The Morgan fingerprint density at radius 1 is 1.25 bits per heavy atom. The van der Waals surface area contributed by atoms with Gasteiger partial charge in [-0.15, -0.1) is 11.3 Å². The molecule has 0 saturated carbocycles. The van der Waals surface area contributed by atoms with E-state index in [0.29, 0.717) is 0 Å². The Labute approximate surface area is 144 Å². The highest BCUT2D eigenvalue weighted by Gasteiger charge is 2.26. The maximum absolute atomic E-state index is 5.39. The van der Waals surface area contributed by atoms with Crippen LogP contribution in [0, 0.1) is 0 Å². The molecule has 1 aliphatic heterocycles. The van der Waals surface area contributed by atoms with Gasteiger partial charge in [0.05, 0.1) is 11.7 Å². The van der Waals surface area contributed by atoms with Crippen molar-refractivity contribution in [2.75, 3.05) is 26.2 Å². The van der Waals surface area contributed by atoms with E-state index in [-0.39, 0.29) is 6.04 Å². The Bertz CT molecular complexity index is 772. The van der Waals surface area contributed by atoms with Gasteiger partial charge in [0.1, 0.15) is 0 Å². The highest BCUT2D eigenvalue weighted by molar-refractivity contribution is 7.15. The SMILES string of the molecule is CCc1noc([C@H](C)N2CCN(Cc3cn4ccsc4n3)CC2)n1. The molecule has 0 amide bonds. The predicted molar refractivity (Wildman–Crippen MR) is 92.0 cm³/mol. The normalized spacial score (nSPS) is 18.4. The molecule has 1 fully saturated rings. The van der Waals surface area contributed by atoms with E-state index < -0.39 is 0 Å². The number of fused-ring (bicyclic) bond motifs is 1. The third kappa shape index (κ3) is 3.09. The molecule has 0 radical (unpaired) electrons. The first-order valence-electron chi connectivity index (χ1n) is 8.43. The highest BCUT2D eigenvalue weighted by atomic mass is 32.1. The van der Waals surface area contributed by atoms with Gasteiger partial charge in [0, 0.05) is 56.9 Å². The molecule has 0 aliphatic carbocycles. The molecule has 128 valence electrons. The lowest BCUT2D eigenvalue weighted by atomic mass is 10.2. The Morgan fingerprint density at radius 3 is 2.79 bits per heavy atom. The molecule has 0 spiro atoms. The number of aromatic nitrogens is 4. The van der Waals surface area contributed by atoms with Crippen molar-refractivity contribution in [3.63, 3.8) is 0 Å². The summed E-state index contributed by atoms with van der Waals surface area (Å²) in [6.45, 7) is 9.18. The van der Waals surface area contributed by atoms with Crippen LogP contribution in [0.1, 0.15) is 37.3 Å². The van der Waals surface area contributed by atoms with E-state index in [9.17, 15) is 0 Å². The van der Waals surface area contributed by atoms with Gasteiger partial charge < -0.3 is 4.52 Å². The molecule has 1 saturated heterocycles. The van der Waals surface area contributed by atoms with Crippen LogP contribution in [-0.2, 0) is 13.0 Å². The van der Waals surface area contributed by atoms with Gasteiger partial charge in [0.15, 0.2) is 10.8 Å². The third-order valence-electron chi connectivity index (χ3n) is 4.64. The Hall–Kier alpha value is -1.77. The molecule has 24 heavy (non-hydrogen) atoms. The van der Waals surface area contributed by atoms with E-state index in [1.54, 1.807) is 11.3 Å². The summed E-state index contributed by atoms with van der Waals surface area (Å²) in [6, 6.07) is 0.179. The molecule has 0 unspecified atom stereocenters. The maximum atomic E-state index is 5.39. The van der Waals surface area contributed by atoms with Crippen LogP contribution in [0.4, 0.5) is 0 Å². The Balaban J connectivity index is 1.33. The fourth-order valence-electron chi connectivity index (χ4n) is 3.13. The van der Waals surface area contributed by atoms with Crippen LogP contribution in [0.25, 0.3) is 4.96 Å². The average molecular weight is 346 g/mol. The molecule has 4 heterocycles. The first kappa shape index (κ1) is 15.7. The summed E-state index contributed by atoms with van der Waals surface area (Å²) < 4.78 is 7.49. The minimum Gasteiger partial charge on any atom is -0.338 e. The van der Waals surface area contributed by atoms with Crippen LogP contribution >= 0.6 is 11.3 Å². The fraction of sp³-hybridized carbons (Fsp3) is 0.562. The zero-order chi connectivity index (χ0) is 16.5. The van der Waals surface area contributed by atoms with Gasteiger partial charge in [0.2, 0.25) is 5.89 Å². The quantitative estimate of drug-likeness (QED) is 0.706. The van der Waals surface area contributed by atoms with Crippen molar-refractivity contribution in [2.45, 2.75) is 32.9 Å². The molecule has 1 atom stereocenters. The Kier molecular flexibility index (Phi) is 4.34. The van der Waals surface area contributed by atoms with Gasteiger partial charge in [-0.1, -0.05) is 12.1 Å². The predicted octanol–water partition coefficient (Wildman–Crippen LogP) is 2.22. The van der Waals surface area contributed by atoms with Gasteiger partial charge in [-0.3, -0.25) is 14.2 Å². The number of piperazine rings is 1. The van der Waals surface area contributed by atoms with E-state index in [0.717, 1.165) is 61.5 Å². The number of nitrogens with zero attached hydrogens (tertiary/aromatic N) is 6. The number of aryl methyl sites for hydroxylation is 1. The molecule has 0 N–H and O–H groups in total. The van der Waals surface area contributed by atoms with Gasteiger partial charge in [-0.2, -0.15) is 4.98 Å². The summed E-state index contributed by atoms with van der Waals surface area (Å²) >= 11 is 1.68. The van der Waals surface area contributed by atoms with Crippen LogP contribution in [0.15, 0.2) is 22.3 Å². The smallest absolute Gasteiger partial charge is 0.243 e. The number of hydrogen-bond donors (Lipinski definition) is 0. The molecule has 4 rings (SSSR count). The first-order valence-corrected chi connectivity index (χ1v) is 9.31. The van der Waals surface area contributed by atoms with Crippen molar-refractivity contribution in [1.82, 2.24) is 29.3 Å². The molecular weight excluding hydrogens is 324 g/mol. The molecule has 3 aromatic rings. The van der Waals surface area contributed by atoms with Crippen LogP contribution in [0.5, 0.6) is 0 Å². The van der Waals surface area contributed by atoms with Crippen LogP contribution in [0.3, 0.4) is 0 Å². The number of imidazole rings is 1.